The van der Waals surface area contributed by atoms with E-state index in [0.29, 0.717) is 6.42 Å². The summed E-state index contributed by atoms with van der Waals surface area (Å²) in [6, 6.07) is 4.15. The zero-order valence-electron chi connectivity index (χ0n) is 15.0. The number of benzene rings is 1. The van der Waals surface area contributed by atoms with Gasteiger partial charge in [0.1, 0.15) is 5.75 Å². The minimum atomic E-state index is -0.214. The first-order chi connectivity index (χ1) is 9.52. The molecule has 0 radical (unpaired) electrons. The Bertz CT molecular complexity index is 487. The number of methoxy groups -OCH3 is 1. The van der Waals surface area contributed by atoms with Crippen molar-refractivity contribution in [3.63, 3.8) is 0 Å². The Hall–Kier alpha value is -0.770. The van der Waals surface area contributed by atoms with Crippen molar-refractivity contribution in [3.05, 3.63) is 28.8 Å². The number of aliphatic hydroxyl groups is 1. The molecule has 0 bridgehead atoms. The monoisotopic (exact) mass is 329 g/mol. The summed E-state index contributed by atoms with van der Waals surface area (Å²) >= 11 is 0. The number of rotatable bonds is 4. The van der Waals surface area contributed by atoms with Gasteiger partial charge in [-0.1, -0.05) is 47.6 Å². The molecular formula is C18H32ClNO2. The van der Waals surface area contributed by atoms with Gasteiger partial charge < -0.3 is 15.6 Å². The summed E-state index contributed by atoms with van der Waals surface area (Å²) in [4.78, 5) is 0. The Morgan fingerprint density at radius 3 is 2.00 bits per heavy atom. The molecule has 0 amide bonds. The fourth-order valence-electron chi connectivity index (χ4n) is 2.44. The third-order valence-electron chi connectivity index (χ3n) is 3.84. The van der Waals surface area contributed by atoms with Crippen LogP contribution in [0.3, 0.4) is 0 Å². The molecule has 0 saturated heterocycles. The maximum Gasteiger partial charge on any atom is 0.127 e. The lowest BCUT2D eigenvalue weighted by Crippen LogP contribution is -2.21. The third kappa shape index (κ3) is 4.87. The Balaban J connectivity index is 0.00000441. The predicted octanol–water partition coefficient (Wildman–Crippen LogP) is 4.09. The van der Waals surface area contributed by atoms with Gasteiger partial charge in [-0.3, -0.25) is 0 Å². The molecule has 1 aromatic rings. The topological polar surface area (TPSA) is 55.5 Å². The standard InChI is InChI=1S/C18H31NO2.ClH/c1-17(2,3)12-10-13(15(19)8-9-20)16(21-7)14(11-12)18(4,5)6;/h10-11,15,20H,8-9,19H2,1-7H3;1H. The van der Waals surface area contributed by atoms with Gasteiger partial charge in [0, 0.05) is 23.8 Å². The highest BCUT2D eigenvalue weighted by molar-refractivity contribution is 5.85. The Kier molecular flexibility index (Phi) is 7.40. The predicted molar refractivity (Wildman–Crippen MR) is 96.3 cm³/mol. The lowest BCUT2D eigenvalue weighted by atomic mass is 9.78. The average Bonchev–Trinajstić information content (AvgIpc) is 2.35. The van der Waals surface area contributed by atoms with E-state index in [1.807, 2.05) is 0 Å². The SMILES string of the molecule is COc1c(C(N)CCO)cc(C(C)(C)C)cc1C(C)(C)C.Cl. The molecule has 0 aliphatic carbocycles. The smallest absolute Gasteiger partial charge is 0.127 e. The van der Waals surface area contributed by atoms with Crippen molar-refractivity contribution in [1.82, 2.24) is 0 Å². The highest BCUT2D eigenvalue weighted by atomic mass is 35.5. The number of hydrogen-bond acceptors (Lipinski definition) is 3. The summed E-state index contributed by atoms with van der Waals surface area (Å²) in [7, 11) is 1.69. The molecule has 0 fully saturated rings. The van der Waals surface area contributed by atoms with Gasteiger partial charge in [0.15, 0.2) is 0 Å². The van der Waals surface area contributed by atoms with E-state index < -0.39 is 0 Å². The van der Waals surface area contributed by atoms with Crippen LogP contribution in [0.4, 0.5) is 0 Å². The normalized spacial score (nSPS) is 13.5. The largest absolute Gasteiger partial charge is 0.496 e. The summed E-state index contributed by atoms with van der Waals surface area (Å²) in [6.45, 7) is 13.2. The van der Waals surface area contributed by atoms with Crippen molar-refractivity contribution in [2.75, 3.05) is 13.7 Å². The lowest BCUT2D eigenvalue weighted by molar-refractivity contribution is 0.274. The first-order valence-electron chi connectivity index (χ1n) is 7.61. The van der Waals surface area contributed by atoms with E-state index in [1.165, 1.54) is 11.1 Å². The number of nitrogens with two attached hydrogens (primary N) is 1. The van der Waals surface area contributed by atoms with Crippen molar-refractivity contribution in [1.29, 1.82) is 0 Å². The summed E-state index contributed by atoms with van der Waals surface area (Å²) in [5.74, 6) is 0.858. The zero-order chi connectivity index (χ0) is 16.4. The van der Waals surface area contributed by atoms with Crippen LogP contribution < -0.4 is 10.5 Å². The second-order valence-corrected chi connectivity index (χ2v) is 7.77. The molecule has 1 aromatic carbocycles. The molecule has 0 aromatic heterocycles. The molecule has 3 N–H and O–H groups in total. The van der Waals surface area contributed by atoms with E-state index in [2.05, 4.69) is 53.7 Å². The highest BCUT2D eigenvalue weighted by Crippen LogP contribution is 2.40. The fraction of sp³-hybridized carbons (Fsp3) is 0.667. The van der Waals surface area contributed by atoms with Crippen LogP contribution in [0.5, 0.6) is 5.75 Å². The minimum absolute atomic E-state index is 0. The zero-order valence-corrected chi connectivity index (χ0v) is 15.8. The van der Waals surface area contributed by atoms with Gasteiger partial charge in [0.05, 0.1) is 7.11 Å². The first kappa shape index (κ1) is 21.2. The molecule has 0 aliphatic rings. The van der Waals surface area contributed by atoms with Gasteiger partial charge in [-0.05, 0) is 28.9 Å². The van der Waals surface area contributed by atoms with E-state index in [-0.39, 0.29) is 35.9 Å². The van der Waals surface area contributed by atoms with E-state index in [1.54, 1.807) is 7.11 Å². The summed E-state index contributed by atoms with van der Waals surface area (Å²) in [5, 5.41) is 9.20. The van der Waals surface area contributed by atoms with Crippen LogP contribution in [0.15, 0.2) is 12.1 Å². The van der Waals surface area contributed by atoms with E-state index in [0.717, 1.165) is 11.3 Å². The maximum atomic E-state index is 9.20. The molecule has 3 nitrogen and oxygen atoms in total. The Labute approximate surface area is 141 Å². The number of hydrogen-bond donors (Lipinski definition) is 2. The highest BCUT2D eigenvalue weighted by Gasteiger charge is 2.27. The van der Waals surface area contributed by atoms with Gasteiger partial charge in [0.25, 0.3) is 0 Å². The number of ether oxygens (including phenoxy) is 1. The number of aliphatic hydroxyl groups excluding tert-OH is 1. The van der Waals surface area contributed by atoms with Crippen LogP contribution in [-0.4, -0.2) is 18.8 Å². The molecule has 0 aliphatic heterocycles. The molecule has 1 rings (SSSR count). The lowest BCUT2D eigenvalue weighted by Gasteiger charge is -2.30. The van der Waals surface area contributed by atoms with E-state index >= 15 is 0 Å². The Morgan fingerprint density at radius 1 is 1.09 bits per heavy atom. The second-order valence-electron chi connectivity index (χ2n) is 7.77. The van der Waals surface area contributed by atoms with Gasteiger partial charge in [-0.2, -0.15) is 0 Å². The molecule has 22 heavy (non-hydrogen) atoms. The van der Waals surface area contributed by atoms with Crippen molar-refractivity contribution in [2.24, 2.45) is 5.73 Å². The van der Waals surface area contributed by atoms with Crippen LogP contribution in [-0.2, 0) is 10.8 Å². The van der Waals surface area contributed by atoms with Crippen LogP contribution in [0.2, 0.25) is 0 Å². The second kappa shape index (κ2) is 7.67. The van der Waals surface area contributed by atoms with Crippen molar-refractivity contribution < 1.29 is 9.84 Å². The van der Waals surface area contributed by atoms with Gasteiger partial charge in [-0.25, -0.2) is 0 Å². The maximum absolute atomic E-state index is 9.20. The third-order valence-corrected chi connectivity index (χ3v) is 3.84. The van der Waals surface area contributed by atoms with Crippen LogP contribution in [0, 0.1) is 0 Å². The van der Waals surface area contributed by atoms with Gasteiger partial charge in [0.2, 0.25) is 0 Å². The average molecular weight is 330 g/mol. The number of halogens is 1. The van der Waals surface area contributed by atoms with E-state index in [4.69, 9.17) is 10.5 Å². The molecule has 1 atom stereocenters. The van der Waals surface area contributed by atoms with E-state index in [9.17, 15) is 5.11 Å². The molecule has 4 heteroatoms. The quantitative estimate of drug-likeness (QED) is 0.874. The van der Waals surface area contributed by atoms with Gasteiger partial charge in [-0.15, -0.1) is 12.4 Å². The Morgan fingerprint density at radius 2 is 1.64 bits per heavy atom. The summed E-state index contributed by atoms with van der Waals surface area (Å²) in [5.41, 5.74) is 9.68. The molecule has 128 valence electrons. The molecular weight excluding hydrogens is 298 g/mol. The van der Waals surface area contributed by atoms with Crippen LogP contribution >= 0.6 is 12.4 Å². The van der Waals surface area contributed by atoms with Crippen LogP contribution in [0.25, 0.3) is 0 Å². The van der Waals surface area contributed by atoms with Gasteiger partial charge >= 0.3 is 0 Å². The molecule has 1 unspecified atom stereocenters. The fourth-order valence-corrected chi connectivity index (χ4v) is 2.44. The molecule has 0 spiro atoms. The van der Waals surface area contributed by atoms with Crippen LogP contribution in [0.1, 0.15) is 70.7 Å². The van der Waals surface area contributed by atoms with Crippen molar-refractivity contribution in [3.8, 4) is 5.75 Å². The minimum Gasteiger partial charge on any atom is -0.496 e. The first-order valence-corrected chi connectivity index (χ1v) is 7.61. The van der Waals surface area contributed by atoms with Crippen molar-refractivity contribution >= 4 is 12.4 Å². The van der Waals surface area contributed by atoms with Crippen molar-refractivity contribution in [2.45, 2.75) is 64.8 Å². The molecule has 0 saturated carbocycles. The molecule has 0 heterocycles. The summed E-state index contributed by atoms with van der Waals surface area (Å²) in [6.07, 6.45) is 0.535. The summed E-state index contributed by atoms with van der Waals surface area (Å²) < 4.78 is 5.68.